The van der Waals surface area contributed by atoms with Gasteiger partial charge in [-0.1, -0.05) is 6.58 Å². The molecule has 180 valence electrons. The van der Waals surface area contributed by atoms with Crippen molar-refractivity contribution in [1.82, 2.24) is 30.1 Å². The van der Waals surface area contributed by atoms with Gasteiger partial charge in [-0.15, -0.1) is 0 Å². The van der Waals surface area contributed by atoms with Crippen LogP contribution in [-0.2, 0) is 0 Å². The third-order valence-electron chi connectivity index (χ3n) is 7.30. The molecule has 7 rings (SSSR count). The minimum Gasteiger partial charge on any atom is -0.358 e. The molecule has 5 aromatic rings. The van der Waals surface area contributed by atoms with E-state index in [0.717, 1.165) is 74.7 Å². The van der Waals surface area contributed by atoms with Gasteiger partial charge in [-0.3, -0.25) is 10.1 Å². The lowest BCUT2D eigenvalue weighted by Gasteiger charge is -2.28. The lowest BCUT2D eigenvalue weighted by molar-refractivity contribution is 0.575. The van der Waals surface area contributed by atoms with Crippen LogP contribution in [0.3, 0.4) is 0 Å². The van der Waals surface area contributed by atoms with Crippen LogP contribution >= 0.6 is 0 Å². The molecule has 8 nitrogen and oxygen atoms in total. The first-order valence-corrected chi connectivity index (χ1v) is 12.7. The van der Waals surface area contributed by atoms with Crippen molar-refractivity contribution >= 4 is 33.4 Å². The first-order valence-electron chi connectivity index (χ1n) is 12.7. The van der Waals surface area contributed by atoms with Gasteiger partial charge >= 0.3 is 0 Å². The Labute approximate surface area is 208 Å². The van der Waals surface area contributed by atoms with Crippen LogP contribution in [0.2, 0.25) is 0 Å². The summed E-state index contributed by atoms with van der Waals surface area (Å²) in [5.41, 5.74) is 7.64. The maximum atomic E-state index is 4.73. The fourth-order valence-electron chi connectivity index (χ4n) is 5.18. The lowest BCUT2D eigenvalue weighted by Crippen LogP contribution is -2.30. The minimum atomic E-state index is 0.585. The molecule has 0 atom stereocenters. The summed E-state index contributed by atoms with van der Waals surface area (Å²) in [6, 6.07) is 8.43. The number of anilines is 2. The van der Waals surface area contributed by atoms with E-state index in [1.807, 2.05) is 30.9 Å². The van der Waals surface area contributed by atoms with E-state index in [1.54, 1.807) is 0 Å². The third-order valence-corrected chi connectivity index (χ3v) is 7.30. The molecule has 6 heterocycles. The van der Waals surface area contributed by atoms with Crippen molar-refractivity contribution in [2.24, 2.45) is 5.92 Å². The van der Waals surface area contributed by atoms with E-state index in [-0.39, 0.29) is 0 Å². The highest BCUT2D eigenvalue weighted by molar-refractivity contribution is 5.99. The standard InChI is InChI=1S/C28H28N8/c1-17(18-5-6-18)32-21-11-19(14-29-16-21)20-12-23-26(34-35-27(23)31-15-20)25-13-22-24(33-25)7-8-30-28(22)36-9-3-2-4-10-36/h7-8,11-16,18,32-33H,1-6,9-10H2,(H,31,34,35). The Morgan fingerprint density at radius 1 is 0.972 bits per heavy atom. The molecule has 0 aromatic carbocycles. The van der Waals surface area contributed by atoms with Gasteiger partial charge in [0, 0.05) is 59.3 Å². The van der Waals surface area contributed by atoms with Gasteiger partial charge in [0.1, 0.15) is 11.5 Å². The number of pyridine rings is 3. The topological polar surface area (TPSA) is 98.4 Å². The largest absolute Gasteiger partial charge is 0.358 e. The summed E-state index contributed by atoms with van der Waals surface area (Å²) >= 11 is 0. The Morgan fingerprint density at radius 2 is 1.83 bits per heavy atom. The molecule has 2 aliphatic rings. The molecule has 1 aliphatic carbocycles. The highest BCUT2D eigenvalue weighted by atomic mass is 15.2. The highest BCUT2D eigenvalue weighted by Crippen LogP contribution is 2.37. The van der Waals surface area contributed by atoms with E-state index in [9.17, 15) is 0 Å². The van der Waals surface area contributed by atoms with E-state index >= 15 is 0 Å². The summed E-state index contributed by atoms with van der Waals surface area (Å²) in [7, 11) is 0. The Balaban J connectivity index is 1.25. The van der Waals surface area contributed by atoms with Crippen LogP contribution in [0.15, 0.2) is 61.3 Å². The second-order valence-electron chi connectivity index (χ2n) is 9.91. The first kappa shape index (κ1) is 21.1. The molecule has 36 heavy (non-hydrogen) atoms. The van der Waals surface area contributed by atoms with E-state index in [2.05, 4.69) is 60.1 Å². The monoisotopic (exact) mass is 476 g/mol. The van der Waals surface area contributed by atoms with Gasteiger partial charge in [-0.2, -0.15) is 5.10 Å². The molecular weight excluding hydrogens is 448 g/mol. The molecule has 1 saturated heterocycles. The zero-order valence-electron chi connectivity index (χ0n) is 20.1. The van der Waals surface area contributed by atoms with Gasteiger partial charge in [0.25, 0.3) is 0 Å². The molecule has 5 aromatic heterocycles. The summed E-state index contributed by atoms with van der Waals surface area (Å²) in [6.07, 6.45) is 13.6. The van der Waals surface area contributed by atoms with Gasteiger partial charge in [0.2, 0.25) is 0 Å². The van der Waals surface area contributed by atoms with Gasteiger partial charge in [-0.25, -0.2) is 9.97 Å². The summed E-state index contributed by atoms with van der Waals surface area (Å²) < 4.78 is 0. The van der Waals surface area contributed by atoms with Crippen LogP contribution in [-0.4, -0.2) is 43.2 Å². The summed E-state index contributed by atoms with van der Waals surface area (Å²) in [6.45, 7) is 6.29. The molecule has 0 radical (unpaired) electrons. The predicted octanol–water partition coefficient (Wildman–Crippen LogP) is 5.89. The van der Waals surface area contributed by atoms with Crippen LogP contribution < -0.4 is 10.2 Å². The van der Waals surface area contributed by atoms with Gasteiger partial charge in [0.05, 0.1) is 23.1 Å². The van der Waals surface area contributed by atoms with Crippen molar-refractivity contribution in [1.29, 1.82) is 0 Å². The van der Waals surface area contributed by atoms with Gasteiger partial charge in [-0.05, 0) is 62.3 Å². The van der Waals surface area contributed by atoms with Crippen molar-refractivity contribution in [2.45, 2.75) is 32.1 Å². The second-order valence-corrected chi connectivity index (χ2v) is 9.91. The van der Waals surface area contributed by atoms with Crippen molar-refractivity contribution < 1.29 is 0 Å². The number of aromatic nitrogens is 6. The number of piperidine rings is 1. The van der Waals surface area contributed by atoms with Crippen LogP contribution in [0.5, 0.6) is 0 Å². The number of fused-ring (bicyclic) bond motifs is 2. The van der Waals surface area contributed by atoms with Crippen molar-refractivity contribution in [3.05, 3.63) is 61.3 Å². The van der Waals surface area contributed by atoms with Crippen molar-refractivity contribution in [3.8, 4) is 22.5 Å². The number of rotatable bonds is 6. The normalized spacial score (nSPS) is 16.1. The van der Waals surface area contributed by atoms with Crippen LogP contribution in [0, 0.1) is 5.92 Å². The Morgan fingerprint density at radius 3 is 2.69 bits per heavy atom. The van der Waals surface area contributed by atoms with E-state index in [0.29, 0.717) is 5.92 Å². The molecule has 1 aliphatic heterocycles. The maximum Gasteiger partial charge on any atom is 0.155 e. The zero-order valence-corrected chi connectivity index (χ0v) is 20.1. The molecule has 0 amide bonds. The summed E-state index contributed by atoms with van der Waals surface area (Å²) in [4.78, 5) is 19.8. The quantitative estimate of drug-likeness (QED) is 0.283. The molecule has 2 fully saturated rings. The number of nitrogens with zero attached hydrogens (tertiary/aromatic N) is 5. The summed E-state index contributed by atoms with van der Waals surface area (Å²) in [5.74, 6) is 1.64. The van der Waals surface area contributed by atoms with Crippen LogP contribution in [0.1, 0.15) is 32.1 Å². The maximum absolute atomic E-state index is 4.73. The molecule has 8 heteroatoms. The number of hydrogen-bond acceptors (Lipinski definition) is 6. The third kappa shape index (κ3) is 3.79. The van der Waals surface area contributed by atoms with E-state index < -0.39 is 0 Å². The summed E-state index contributed by atoms with van der Waals surface area (Å²) in [5, 5.41) is 13.2. The lowest BCUT2D eigenvalue weighted by atomic mass is 10.1. The molecule has 3 N–H and O–H groups in total. The van der Waals surface area contributed by atoms with Crippen LogP contribution in [0.25, 0.3) is 44.5 Å². The highest BCUT2D eigenvalue weighted by Gasteiger charge is 2.24. The SMILES string of the molecule is C=C(Nc1cncc(-c2cnc3[nH]nc(-c4cc5c(N6CCCCC6)nccc5[nH]4)c3c2)c1)C1CC1. The van der Waals surface area contributed by atoms with Gasteiger partial charge < -0.3 is 15.2 Å². The number of hydrogen-bond donors (Lipinski definition) is 3. The molecule has 0 unspecified atom stereocenters. The predicted molar refractivity (Wildman–Crippen MR) is 144 cm³/mol. The second kappa shape index (κ2) is 8.48. The Bertz CT molecular complexity index is 1590. The fourth-order valence-corrected chi connectivity index (χ4v) is 5.18. The molecule has 0 bridgehead atoms. The van der Waals surface area contributed by atoms with E-state index in [1.165, 1.54) is 32.1 Å². The fraction of sp³-hybridized carbons (Fsp3) is 0.286. The molecule has 0 spiro atoms. The van der Waals surface area contributed by atoms with Crippen LogP contribution in [0.4, 0.5) is 11.5 Å². The Hall–Kier alpha value is -4.20. The molecular formula is C28H28N8. The Kier molecular flexibility index (Phi) is 4.97. The number of nitrogens with one attached hydrogen (secondary N) is 3. The number of allylic oxidation sites excluding steroid dienone is 1. The minimum absolute atomic E-state index is 0.585. The van der Waals surface area contributed by atoms with Crippen molar-refractivity contribution in [2.75, 3.05) is 23.3 Å². The average molecular weight is 477 g/mol. The number of H-pyrrole nitrogens is 2. The average Bonchev–Trinajstić information content (AvgIpc) is 3.55. The van der Waals surface area contributed by atoms with Crippen molar-refractivity contribution in [3.63, 3.8) is 0 Å². The number of aromatic amines is 2. The van der Waals surface area contributed by atoms with E-state index in [4.69, 9.17) is 4.98 Å². The smallest absolute Gasteiger partial charge is 0.155 e. The molecule has 1 saturated carbocycles. The first-order chi connectivity index (χ1) is 17.7. The zero-order chi connectivity index (χ0) is 24.1. The van der Waals surface area contributed by atoms with Gasteiger partial charge in [0.15, 0.2) is 5.65 Å².